The molecule has 7 heteroatoms. The van der Waals surface area contributed by atoms with Crippen molar-refractivity contribution in [3.8, 4) is 0 Å². The lowest BCUT2D eigenvalue weighted by molar-refractivity contribution is -0.127. The first-order valence-corrected chi connectivity index (χ1v) is 9.03. The van der Waals surface area contributed by atoms with Gasteiger partial charge in [0.05, 0.1) is 15.8 Å². The van der Waals surface area contributed by atoms with Crippen LogP contribution in [-0.2, 0) is 19.4 Å². The number of hydrogen-bond donors (Lipinski definition) is 0. The molecule has 114 valence electrons. The Hall–Kier alpha value is -0.910. The first kappa shape index (κ1) is 16.5. The molecule has 0 N–H and O–H groups in total. The summed E-state index contributed by atoms with van der Waals surface area (Å²) in [6, 6.07) is 4.39. The number of hydrogen-bond acceptors (Lipinski definition) is 4. The zero-order valence-corrected chi connectivity index (χ0v) is 13.6. The van der Waals surface area contributed by atoms with Crippen molar-refractivity contribution in [2.24, 2.45) is 5.92 Å². The highest BCUT2D eigenvalue weighted by molar-refractivity contribution is 7.90. The molecular weight excluding hydrogens is 335 g/mol. The highest BCUT2D eigenvalue weighted by Crippen LogP contribution is 2.36. The minimum Gasteiger partial charge on any atom is -0.300 e. The van der Waals surface area contributed by atoms with E-state index in [1.807, 2.05) is 0 Å². The molecule has 0 bridgehead atoms. The molecule has 21 heavy (non-hydrogen) atoms. The van der Waals surface area contributed by atoms with E-state index >= 15 is 0 Å². The van der Waals surface area contributed by atoms with Gasteiger partial charge >= 0.3 is 0 Å². The Morgan fingerprint density at radius 1 is 1.38 bits per heavy atom. The van der Waals surface area contributed by atoms with Gasteiger partial charge in [0.2, 0.25) is 5.24 Å². The predicted molar refractivity (Wildman–Crippen MR) is 80.5 cm³/mol. The number of halogens is 2. The molecule has 0 heterocycles. The van der Waals surface area contributed by atoms with E-state index in [1.165, 1.54) is 12.1 Å². The molecule has 1 fully saturated rings. The minimum absolute atomic E-state index is 0.0208. The molecular formula is C14H14Cl2O4S. The van der Waals surface area contributed by atoms with E-state index in [4.69, 9.17) is 23.2 Å². The van der Waals surface area contributed by atoms with Crippen LogP contribution < -0.4 is 0 Å². The maximum Gasteiger partial charge on any atom is 0.229 e. The third-order valence-corrected chi connectivity index (χ3v) is 5.48. The van der Waals surface area contributed by atoms with Crippen molar-refractivity contribution in [3.05, 3.63) is 28.8 Å². The van der Waals surface area contributed by atoms with Crippen LogP contribution in [0.5, 0.6) is 0 Å². The molecule has 4 nitrogen and oxygen atoms in total. The second kappa shape index (κ2) is 6.07. The maximum absolute atomic E-state index is 11.6. The summed E-state index contributed by atoms with van der Waals surface area (Å²) in [6.07, 6.45) is 2.48. The van der Waals surface area contributed by atoms with Crippen molar-refractivity contribution in [2.45, 2.75) is 30.1 Å². The van der Waals surface area contributed by atoms with E-state index < -0.39 is 21.0 Å². The number of Topliss-reactive ketones (excluding diaryl/α,β-unsaturated/α-hetero) is 1. The van der Waals surface area contributed by atoms with Crippen LogP contribution in [0.1, 0.15) is 30.7 Å². The van der Waals surface area contributed by atoms with Crippen LogP contribution >= 0.6 is 23.2 Å². The molecule has 1 aliphatic carbocycles. The minimum atomic E-state index is -3.41. The Balaban J connectivity index is 2.27. The molecule has 0 saturated heterocycles. The zero-order chi connectivity index (χ0) is 15.8. The fourth-order valence-corrected chi connectivity index (χ4v) is 4.03. The van der Waals surface area contributed by atoms with Crippen LogP contribution in [0.15, 0.2) is 23.1 Å². The van der Waals surface area contributed by atoms with E-state index in [-0.39, 0.29) is 21.6 Å². The number of ketones is 1. The molecule has 2 rings (SSSR count). The number of carbonyl (C=O) groups excluding carboxylic acids is 2. The summed E-state index contributed by atoms with van der Waals surface area (Å²) < 4.78 is 23.0. The molecule has 0 radical (unpaired) electrons. The fourth-order valence-electron chi connectivity index (χ4n) is 2.48. The van der Waals surface area contributed by atoms with Crippen LogP contribution in [0.25, 0.3) is 0 Å². The van der Waals surface area contributed by atoms with Crippen LogP contribution in [0.2, 0.25) is 5.02 Å². The topological polar surface area (TPSA) is 68.3 Å². The summed E-state index contributed by atoms with van der Waals surface area (Å²) in [7, 11) is -3.41. The lowest BCUT2D eigenvalue weighted by atomic mass is 9.76. The normalized spacial score (nSPS) is 17.4. The zero-order valence-electron chi connectivity index (χ0n) is 11.3. The lowest BCUT2D eigenvalue weighted by Gasteiger charge is -2.27. The molecule has 1 aromatic carbocycles. The number of benzene rings is 1. The number of rotatable bonds is 5. The van der Waals surface area contributed by atoms with Crippen molar-refractivity contribution in [1.82, 2.24) is 0 Å². The molecule has 1 saturated carbocycles. The van der Waals surface area contributed by atoms with E-state index in [2.05, 4.69) is 0 Å². The van der Waals surface area contributed by atoms with Gasteiger partial charge in [-0.3, -0.25) is 9.59 Å². The van der Waals surface area contributed by atoms with Gasteiger partial charge in [-0.05, 0) is 41.6 Å². The Morgan fingerprint density at radius 2 is 2.00 bits per heavy atom. The molecule has 0 aromatic heterocycles. The van der Waals surface area contributed by atoms with Gasteiger partial charge in [-0.15, -0.1) is 0 Å². The summed E-state index contributed by atoms with van der Waals surface area (Å²) in [5.74, 6) is -0.235. The predicted octanol–water partition coefficient (Wildman–Crippen LogP) is 2.96. The second-order valence-corrected chi connectivity index (χ2v) is 8.13. The van der Waals surface area contributed by atoms with Crippen LogP contribution in [0.3, 0.4) is 0 Å². The molecule has 0 spiro atoms. The van der Waals surface area contributed by atoms with Crippen molar-refractivity contribution in [3.63, 3.8) is 0 Å². The lowest BCUT2D eigenvalue weighted by Crippen LogP contribution is -2.26. The van der Waals surface area contributed by atoms with E-state index in [0.717, 1.165) is 6.26 Å². The fraction of sp³-hybridized carbons (Fsp3) is 0.429. The first-order chi connectivity index (χ1) is 9.68. The van der Waals surface area contributed by atoms with Gasteiger partial charge in [0.1, 0.15) is 5.78 Å². The Morgan fingerprint density at radius 3 is 2.43 bits per heavy atom. The van der Waals surface area contributed by atoms with Crippen molar-refractivity contribution in [1.29, 1.82) is 0 Å². The molecule has 1 aliphatic rings. The molecule has 1 atom stereocenters. The van der Waals surface area contributed by atoms with Crippen molar-refractivity contribution >= 4 is 44.1 Å². The third-order valence-electron chi connectivity index (χ3n) is 3.63. The Bertz CT molecular complexity index is 689. The van der Waals surface area contributed by atoms with Crippen LogP contribution in [0, 0.1) is 5.92 Å². The van der Waals surface area contributed by atoms with Gasteiger partial charge in [-0.1, -0.05) is 17.7 Å². The van der Waals surface area contributed by atoms with Crippen molar-refractivity contribution in [2.75, 3.05) is 6.26 Å². The summed E-state index contributed by atoms with van der Waals surface area (Å²) >= 11 is 11.6. The quantitative estimate of drug-likeness (QED) is 0.767. The number of sulfone groups is 1. The smallest absolute Gasteiger partial charge is 0.229 e. The maximum atomic E-state index is 11.6. The molecule has 0 amide bonds. The third kappa shape index (κ3) is 3.84. The van der Waals surface area contributed by atoms with Gasteiger partial charge in [-0.25, -0.2) is 8.42 Å². The summed E-state index contributed by atoms with van der Waals surface area (Å²) in [5, 5.41) is -0.458. The largest absolute Gasteiger partial charge is 0.300 e. The average Bonchev–Trinajstić information content (AvgIpc) is 2.30. The van der Waals surface area contributed by atoms with Crippen LogP contribution in [-0.4, -0.2) is 25.7 Å². The summed E-state index contributed by atoms with van der Waals surface area (Å²) in [4.78, 5) is 22.6. The second-order valence-electron chi connectivity index (χ2n) is 5.37. The highest BCUT2D eigenvalue weighted by Gasteiger charge is 2.32. The van der Waals surface area contributed by atoms with Crippen LogP contribution in [0.4, 0.5) is 0 Å². The molecule has 1 aromatic rings. The van der Waals surface area contributed by atoms with Gasteiger partial charge < -0.3 is 0 Å². The first-order valence-electron chi connectivity index (χ1n) is 6.39. The van der Waals surface area contributed by atoms with Gasteiger partial charge in [0.15, 0.2) is 9.84 Å². The molecule has 0 aliphatic heterocycles. The standard InChI is InChI=1S/C14H14Cl2O4S/c1-21(19,20)13-3-2-9(7-12(13)15)11(14(16)18)6-8-4-10(17)5-8/h2-3,7-8,11H,4-6H2,1H3. The van der Waals surface area contributed by atoms with Crippen molar-refractivity contribution < 1.29 is 18.0 Å². The summed E-state index contributed by atoms with van der Waals surface area (Å²) in [6.45, 7) is 0. The van der Waals surface area contributed by atoms with E-state index in [0.29, 0.717) is 24.8 Å². The summed E-state index contributed by atoms with van der Waals surface area (Å²) in [5.41, 5.74) is 0.576. The Kier molecular flexibility index (Phi) is 4.76. The van der Waals surface area contributed by atoms with Gasteiger partial charge in [-0.2, -0.15) is 0 Å². The average molecular weight is 349 g/mol. The SMILES string of the molecule is CS(=O)(=O)c1ccc(C(CC2CC(=O)C2)C(=O)Cl)cc1Cl. The number of carbonyl (C=O) groups is 2. The highest BCUT2D eigenvalue weighted by atomic mass is 35.5. The van der Waals surface area contributed by atoms with Gasteiger partial charge in [0, 0.05) is 19.1 Å². The monoisotopic (exact) mass is 348 g/mol. The van der Waals surface area contributed by atoms with E-state index in [9.17, 15) is 18.0 Å². The van der Waals surface area contributed by atoms with Gasteiger partial charge in [0.25, 0.3) is 0 Å². The Labute approximate surface area is 133 Å². The molecule has 1 unspecified atom stereocenters. The van der Waals surface area contributed by atoms with E-state index in [1.54, 1.807) is 6.07 Å².